The van der Waals surface area contributed by atoms with Gasteiger partial charge >= 0.3 is 5.97 Å². The number of aryl methyl sites for hydroxylation is 1. The average molecular weight is 276 g/mol. The molecule has 1 heterocycles. The Morgan fingerprint density at radius 1 is 1.45 bits per heavy atom. The number of carbonyl (C=O) groups excluding carboxylic acids is 1. The van der Waals surface area contributed by atoms with Gasteiger partial charge in [-0.25, -0.2) is 0 Å². The Balaban J connectivity index is 2.32. The summed E-state index contributed by atoms with van der Waals surface area (Å²) in [6, 6.07) is 7.24. The van der Waals surface area contributed by atoms with Crippen LogP contribution in [-0.2, 0) is 23.0 Å². The highest BCUT2D eigenvalue weighted by molar-refractivity contribution is 5.87. The number of nitrogens with zero attached hydrogens (tertiary/aromatic N) is 1. The van der Waals surface area contributed by atoms with E-state index < -0.39 is 6.04 Å². The molecule has 0 saturated heterocycles. The molecular formula is C15H20N2O3. The smallest absolute Gasteiger partial charge is 0.323 e. The number of rotatable bonds is 5. The summed E-state index contributed by atoms with van der Waals surface area (Å²) in [5.74, 6) is 0.436. The summed E-state index contributed by atoms with van der Waals surface area (Å²) in [7, 11) is 3.59. The van der Waals surface area contributed by atoms with Crippen LogP contribution >= 0.6 is 0 Å². The molecular weight excluding hydrogens is 256 g/mol. The number of fused-ring (bicyclic) bond motifs is 1. The number of benzene rings is 1. The highest BCUT2D eigenvalue weighted by atomic mass is 16.5. The maximum absolute atomic E-state index is 11.6. The fraction of sp³-hybridized carbons (Fsp3) is 0.400. The fourth-order valence-corrected chi connectivity index (χ4v) is 2.35. The lowest BCUT2D eigenvalue weighted by molar-refractivity contribution is -0.144. The minimum atomic E-state index is -0.649. The van der Waals surface area contributed by atoms with Crippen molar-refractivity contribution >= 4 is 16.9 Å². The maximum atomic E-state index is 11.6. The fourth-order valence-electron chi connectivity index (χ4n) is 2.35. The molecule has 2 N–H and O–H groups in total. The zero-order chi connectivity index (χ0) is 14.7. The summed E-state index contributed by atoms with van der Waals surface area (Å²) in [6.45, 7) is 2.11. The Morgan fingerprint density at radius 3 is 2.85 bits per heavy atom. The molecule has 1 atom stereocenters. The predicted molar refractivity (Wildman–Crippen MR) is 77.8 cm³/mol. The monoisotopic (exact) mass is 276 g/mol. The summed E-state index contributed by atoms with van der Waals surface area (Å²) >= 11 is 0. The molecule has 0 radical (unpaired) electrons. The molecule has 1 aromatic heterocycles. The van der Waals surface area contributed by atoms with Gasteiger partial charge in [-0.1, -0.05) is 12.1 Å². The topological polar surface area (TPSA) is 66.5 Å². The van der Waals surface area contributed by atoms with Gasteiger partial charge in [-0.2, -0.15) is 0 Å². The number of aromatic nitrogens is 1. The van der Waals surface area contributed by atoms with E-state index in [9.17, 15) is 4.79 Å². The van der Waals surface area contributed by atoms with Crippen LogP contribution in [0.3, 0.4) is 0 Å². The van der Waals surface area contributed by atoms with Gasteiger partial charge < -0.3 is 19.8 Å². The van der Waals surface area contributed by atoms with Gasteiger partial charge in [-0.05, 0) is 19.1 Å². The van der Waals surface area contributed by atoms with Crippen molar-refractivity contribution in [2.24, 2.45) is 12.8 Å². The first kappa shape index (κ1) is 14.4. The maximum Gasteiger partial charge on any atom is 0.323 e. The van der Waals surface area contributed by atoms with Crippen LogP contribution in [0.15, 0.2) is 24.3 Å². The number of para-hydroxylation sites is 1. The van der Waals surface area contributed by atoms with Gasteiger partial charge in [-0.15, -0.1) is 0 Å². The summed E-state index contributed by atoms with van der Waals surface area (Å²) in [5, 5.41) is 1.07. The van der Waals surface area contributed by atoms with Crippen molar-refractivity contribution in [2.75, 3.05) is 13.7 Å². The van der Waals surface area contributed by atoms with Crippen molar-refractivity contribution in [1.82, 2.24) is 4.57 Å². The Morgan fingerprint density at radius 2 is 2.20 bits per heavy atom. The Bertz CT molecular complexity index is 619. The van der Waals surface area contributed by atoms with Crippen molar-refractivity contribution in [3.63, 3.8) is 0 Å². The van der Waals surface area contributed by atoms with E-state index in [0.29, 0.717) is 13.0 Å². The third-order valence-corrected chi connectivity index (χ3v) is 3.36. The van der Waals surface area contributed by atoms with Gasteiger partial charge in [0, 0.05) is 24.5 Å². The molecule has 0 saturated carbocycles. The lowest BCUT2D eigenvalue weighted by Crippen LogP contribution is -2.34. The summed E-state index contributed by atoms with van der Waals surface area (Å²) in [5.41, 5.74) is 7.86. The second-order valence-corrected chi connectivity index (χ2v) is 4.66. The first-order chi connectivity index (χ1) is 9.58. The number of ether oxygens (including phenoxy) is 2. The van der Waals surface area contributed by atoms with Crippen LogP contribution in [0.25, 0.3) is 10.9 Å². The van der Waals surface area contributed by atoms with Crippen LogP contribution in [0, 0.1) is 0 Å². The highest BCUT2D eigenvalue weighted by Crippen LogP contribution is 2.28. The predicted octanol–water partition coefficient (Wildman–Crippen LogP) is 1.62. The number of nitrogens with two attached hydrogens (primary N) is 1. The van der Waals surface area contributed by atoms with Gasteiger partial charge in [0.2, 0.25) is 0 Å². The molecule has 1 aromatic carbocycles. The lowest BCUT2D eigenvalue weighted by Gasteiger charge is -2.12. The third-order valence-electron chi connectivity index (χ3n) is 3.36. The zero-order valence-electron chi connectivity index (χ0n) is 12.1. The van der Waals surface area contributed by atoms with E-state index in [1.54, 1.807) is 14.0 Å². The van der Waals surface area contributed by atoms with Crippen molar-refractivity contribution in [1.29, 1.82) is 0 Å². The van der Waals surface area contributed by atoms with Crippen LogP contribution in [0.4, 0.5) is 0 Å². The van der Waals surface area contributed by atoms with Crippen molar-refractivity contribution in [2.45, 2.75) is 19.4 Å². The van der Waals surface area contributed by atoms with Gasteiger partial charge in [0.05, 0.1) is 19.2 Å². The molecule has 0 aliphatic rings. The summed E-state index contributed by atoms with van der Waals surface area (Å²) in [4.78, 5) is 11.6. The number of methoxy groups -OCH3 is 1. The van der Waals surface area contributed by atoms with Crippen molar-refractivity contribution < 1.29 is 14.3 Å². The molecule has 5 heteroatoms. The molecule has 0 spiro atoms. The molecule has 5 nitrogen and oxygen atoms in total. The lowest BCUT2D eigenvalue weighted by atomic mass is 10.1. The second kappa shape index (κ2) is 5.96. The van der Waals surface area contributed by atoms with E-state index in [0.717, 1.165) is 22.3 Å². The van der Waals surface area contributed by atoms with E-state index in [1.807, 2.05) is 35.9 Å². The van der Waals surface area contributed by atoms with Crippen molar-refractivity contribution in [3.05, 3.63) is 30.0 Å². The van der Waals surface area contributed by atoms with Gasteiger partial charge in [0.15, 0.2) is 0 Å². The first-order valence-electron chi connectivity index (χ1n) is 6.62. The molecule has 0 bridgehead atoms. The largest absolute Gasteiger partial charge is 0.495 e. The number of esters is 1. The Labute approximate surface area is 118 Å². The quantitative estimate of drug-likeness (QED) is 0.843. The summed E-state index contributed by atoms with van der Waals surface area (Å²) < 4.78 is 12.3. The SMILES string of the molecule is CCOC(=O)C(N)Cc1cc2cccc(OC)c2n1C. The number of hydrogen-bond donors (Lipinski definition) is 1. The molecule has 1 unspecified atom stereocenters. The van der Waals surface area contributed by atoms with Gasteiger partial charge in [0.1, 0.15) is 11.8 Å². The van der Waals surface area contributed by atoms with E-state index >= 15 is 0 Å². The minimum absolute atomic E-state index is 0.343. The molecule has 0 fully saturated rings. The summed E-state index contributed by atoms with van der Waals surface area (Å²) in [6.07, 6.45) is 0.438. The second-order valence-electron chi connectivity index (χ2n) is 4.66. The molecule has 108 valence electrons. The third kappa shape index (κ3) is 2.63. The Hall–Kier alpha value is -2.01. The van der Waals surface area contributed by atoms with Gasteiger partial charge in [0.25, 0.3) is 0 Å². The number of hydrogen-bond acceptors (Lipinski definition) is 4. The van der Waals surface area contributed by atoms with Crippen molar-refractivity contribution in [3.8, 4) is 5.75 Å². The highest BCUT2D eigenvalue weighted by Gasteiger charge is 2.18. The molecule has 20 heavy (non-hydrogen) atoms. The molecule has 0 amide bonds. The van der Waals surface area contributed by atoms with Crippen LogP contribution in [0.1, 0.15) is 12.6 Å². The molecule has 2 aromatic rings. The van der Waals surface area contributed by atoms with E-state index in [2.05, 4.69) is 0 Å². The standard InChI is InChI=1S/C15H20N2O3/c1-4-20-15(18)12(16)9-11-8-10-6-5-7-13(19-3)14(10)17(11)2/h5-8,12H,4,9,16H2,1-3H3. The van der Waals surface area contributed by atoms with E-state index in [-0.39, 0.29) is 5.97 Å². The normalized spacial score (nSPS) is 12.4. The molecule has 0 aliphatic heterocycles. The average Bonchev–Trinajstić information content (AvgIpc) is 2.76. The number of carbonyl (C=O) groups is 1. The van der Waals surface area contributed by atoms with E-state index in [1.165, 1.54) is 0 Å². The molecule has 2 rings (SSSR count). The minimum Gasteiger partial charge on any atom is -0.495 e. The Kier molecular flexibility index (Phi) is 4.29. The first-order valence-corrected chi connectivity index (χ1v) is 6.62. The van der Waals surface area contributed by atoms with Crippen LogP contribution in [-0.4, -0.2) is 30.3 Å². The zero-order valence-corrected chi connectivity index (χ0v) is 12.1. The van der Waals surface area contributed by atoms with E-state index in [4.69, 9.17) is 15.2 Å². The van der Waals surface area contributed by atoms with Crippen LogP contribution in [0.5, 0.6) is 5.75 Å². The van der Waals surface area contributed by atoms with Crippen LogP contribution < -0.4 is 10.5 Å². The van der Waals surface area contributed by atoms with Gasteiger partial charge in [-0.3, -0.25) is 4.79 Å². The van der Waals surface area contributed by atoms with Crippen LogP contribution in [0.2, 0.25) is 0 Å². The molecule has 0 aliphatic carbocycles.